The number of hydrogen-bond acceptors (Lipinski definition) is 4. The molecule has 1 heterocycles. The van der Waals surface area contributed by atoms with E-state index >= 15 is 0 Å². The average Bonchev–Trinajstić information content (AvgIpc) is 2.68. The molecule has 0 aliphatic rings. The largest absolute Gasteiger partial charge is 0.383 e. The fraction of sp³-hybridized carbons (Fsp3) is 0.100. The smallest absolute Gasteiger partial charge is 0.187 e. The van der Waals surface area contributed by atoms with Crippen LogP contribution in [0.5, 0.6) is 0 Å². The number of nitrogens with two attached hydrogens (primary N) is 1. The third-order valence-corrected chi connectivity index (χ3v) is 4.20. The van der Waals surface area contributed by atoms with E-state index in [2.05, 4.69) is 10.2 Å². The Kier molecular flexibility index (Phi) is 3.08. The van der Waals surface area contributed by atoms with E-state index in [-0.39, 0.29) is 16.5 Å². The van der Waals surface area contributed by atoms with Gasteiger partial charge in [0.05, 0.1) is 11.9 Å². The Morgan fingerprint density at radius 3 is 2.47 bits per heavy atom. The SMILES string of the molecule is Nc1[nH]ncc1S(=O)(=O)Cc1ccc(Cl)cc1. The molecule has 2 aromatic rings. The number of nitrogens with one attached hydrogen (secondary N) is 1. The monoisotopic (exact) mass is 271 g/mol. The summed E-state index contributed by atoms with van der Waals surface area (Å²) >= 11 is 5.72. The topological polar surface area (TPSA) is 88.8 Å². The van der Waals surface area contributed by atoms with Crippen LogP contribution in [0.25, 0.3) is 0 Å². The predicted octanol–water partition coefficient (Wildman–Crippen LogP) is 1.62. The summed E-state index contributed by atoms with van der Waals surface area (Å²) in [7, 11) is -3.48. The number of hydrogen-bond donors (Lipinski definition) is 2. The number of benzene rings is 1. The maximum atomic E-state index is 12.0. The van der Waals surface area contributed by atoms with Crippen LogP contribution >= 0.6 is 11.6 Å². The third kappa shape index (κ3) is 2.59. The van der Waals surface area contributed by atoms with Gasteiger partial charge in [-0.15, -0.1) is 0 Å². The van der Waals surface area contributed by atoms with Gasteiger partial charge >= 0.3 is 0 Å². The number of aromatic nitrogens is 2. The quantitative estimate of drug-likeness (QED) is 0.888. The molecule has 0 saturated carbocycles. The summed E-state index contributed by atoms with van der Waals surface area (Å²) in [5.41, 5.74) is 6.13. The van der Waals surface area contributed by atoms with Crippen LogP contribution in [0.3, 0.4) is 0 Å². The molecule has 2 rings (SSSR count). The molecule has 0 radical (unpaired) electrons. The van der Waals surface area contributed by atoms with Gasteiger partial charge in [0.25, 0.3) is 0 Å². The number of aromatic amines is 1. The molecule has 0 spiro atoms. The van der Waals surface area contributed by atoms with Crippen molar-refractivity contribution in [2.24, 2.45) is 0 Å². The van der Waals surface area contributed by atoms with Gasteiger partial charge in [-0.2, -0.15) is 5.10 Å². The highest BCUT2D eigenvalue weighted by atomic mass is 35.5. The van der Waals surface area contributed by atoms with Crippen molar-refractivity contribution in [3.05, 3.63) is 41.0 Å². The van der Waals surface area contributed by atoms with Gasteiger partial charge in [0.15, 0.2) is 9.84 Å². The van der Waals surface area contributed by atoms with Crippen molar-refractivity contribution in [1.29, 1.82) is 0 Å². The van der Waals surface area contributed by atoms with Crippen molar-refractivity contribution in [3.8, 4) is 0 Å². The van der Waals surface area contributed by atoms with Gasteiger partial charge in [-0.25, -0.2) is 8.42 Å². The molecule has 0 fully saturated rings. The number of nitrogen functional groups attached to an aromatic ring is 1. The van der Waals surface area contributed by atoms with Crippen molar-refractivity contribution in [2.45, 2.75) is 10.6 Å². The summed E-state index contributed by atoms with van der Waals surface area (Å²) in [5, 5.41) is 6.55. The van der Waals surface area contributed by atoms with E-state index in [0.717, 1.165) is 0 Å². The summed E-state index contributed by atoms with van der Waals surface area (Å²) in [4.78, 5) is 0.0208. The van der Waals surface area contributed by atoms with E-state index < -0.39 is 9.84 Å². The number of rotatable bonds is 3. The number of halogens is 1. The van der Waals surface area contributed by atoms with Crippen molar-refractivity contribution in [1.82, 2.24) is 10.2 Å². The van der Waals surface area contributed by atoms with E-state index in [0.29, 0.717) is 10.6 Å². The van der Waals surface area contributed by atoms with Crippen LogP contribution in [0.15, 0.2) is 35.4 Å². The van der Waals surface area contributed by atoms with Crippen LogP contribution in [0.1, 0.15) is 5.56 Å². The van der Waals surface area contributed by atoms with E-state index in [1.165, 1.54) is 6.20 Å². The van der Waals surface area contributed by atoms with E-state index in [1.54, 1.807) is 24.3 Å². The molecule has 1 aromatic carbocycles. The first-order valence-corrected chi connectivity index (χ1v) is 6.78. The lowest BCUT2D eigenvalue weighted by atomic mass is 10.2. The van der Waals surface area contributed by atoms with Crippen LogP contribution in [-0.2, 0) is 15.6 Å². The van der Waals surface area contributed by atoms with Gasteiger partial charge in [0.1, 0.15) is 10.7 Å². The zero-order valence-electron chi connectivity index (χ0n) is 8.72. The van der Waals surface area contributed by atoms with Gasteiger partial charge in [-0.05, 0) is 17.7 Å². The normalized spacial score (nSPS) is 11.6. The molecule has 0 bridgehead atoms. The lowest BCUT2D eigenvalue weighted by Crippen LogP contribution is -2.06. The second-order valence-electron chi connectivity index (χ2n) is 3.53. The summed E-state index contributed by atoms with van der Waals surface area (Å²) < 4.78 is 24.0. The van der Waals surface area contributed by atoms with Gasteiger partial charge < -0.3 is 5.73 Å². The highest BCUT2D eigenvalue weighted by Gasteiger charge is 2.19. The van der Waals surface area contributed by atoms with Gasteiger partial charge in [0, 0.05) is 5.02 Å². The molecule has 3 N–H and O–H groups in total. The highest BCUT2D eigenvalue weighted by molar-refractivity contribution is 7.90. The minimum atomic E-state index is -3.48. The number of sulfone groups is 1. The molecule has 7 heteroatoms. The Balaban J connectivity index is 2.30. The lowest BCUT2D eigenvalue weighted by Gasteiger charge is -2.03. The molecular weight excluding hydrogens is 262 g/mol. The van der Waals surface area contributed by atoms with Gasteiger partial charge in [-0.3, -0.25) is 5.10 Å². The standard InChI is InChI=1S/C10H10ClN3O2S/c11-8-3-1-7(2-4-8)6-17(15,16)9-5-13-14-10(9)12/h1-5H,6H2,(H3,12,13,14). The van der Waals surface area contributed by atoms with Crippen molar-refractivity contribution in [2.75, 3.05) is 5.73 Å². The van der Waals surface area contributed by atoms with Crippen molar-refractivity contribution >= 4 is 27.3 Å². The highest BCUT2D eigenvalue weighted by Crippen LogP contribution is 2.20. The first kappa shape index (κ1) is 11.9. The number of anilines is 1. The van der Waals surface area contributed by atoms with E-state index in [9.17, 15) is 8.42 Å². The maximum Gasteiger partial charge on any atom is 0.187 e. The predicted molar refractivity (Wildman–Crippen MR) is 65.3 cm³/mol. The zero-order valence-corrected chi connectivity index (χ0v) is 10.3. The molecule has 17 heavy (non-hydrogen) atoms. The van der Waals surface area contributed by atoms with Gasteiger partial charge in [-0.1, -0.05) is 23.7 Å². The van der Waals surface area contributed by atoms with Gasteiger partial charge in [0.2, 0.25) is 0 Å². The zero-order chi connectivity index (χ0) is 12.5. The van der Waals surface area contributed by atoms with Crippen LogP contribution < -0.4 is 5.73 Å². The Bertz CT molecular complexity index is 619. The fourth-order valence-electron chi connectivity index (χ4n) is 1.41. The Labute approximate surface area is 104 Å². The molecule has 0 aliphatic carbocycles. The second-order valence-corrected chi connectivity index (χ2v) is 5.93. The molecule has 0 atom stereocenters. The van der Waals surface area contributed by atoms with Crippen LogP contribution in [-0.4, -0.2) is 18.6 Å². The molecule has 90 valence electrons. The lowest BCUT2D eigenvalue weighted by molar-refractivity contribution is 0.596. The molecule has 0 saturated heterocycles. The van der Waals surface area contributed by atoms with E-state index in [1.807, 2.05) is 0 Å². The van der Waals surface area contributed by atoms with Crippen LogP contribution in [0.2, 0.25) is 5.02 Å². The molecule has 0 amide bonds. The molecule has 0 unspecified atom stereocenters. The summed E-state index contributed by atoms with van der Waals surface area (Å²) in [5.74, 6) is -0.0765. The van der Waals surface area contributed by atoms with Crippen LogP contribution in [0, 0.1) is 0 Å². The Hall–Kier alpha value is -1.53. The molecular formula is C10H10ClN3O2S. The molecule has 1 aromatic heterocycles. The third-order valence-electron chi connectivity index (χ3n) is 2.24. The fourth-order valence-corrected chi connectivity index (χ4v) is 2.92. The summed E-state index contributed by atoms with van der Waals surface area (Å²) in [6.45, 7) is 0. The minimum Gasteiger partial charge on any atom is -0.383 e. The first-order chi connectivity index (χ1) is 7.99. The Morgan fingerprint density at radius 1 is 1.29 bits per heavy atom. The summed E-state index contributed by atoms with van der Waals surface area (Å²) in [6.07, 6.45) is 1.21. The first-order valence-electron chi connectivity index (χ1n) is 4.75. The Morgan fingerprint density at radius 2 is 1.94 bits per heavy atom. The molecule has 5 nitrogen and oxygen atoms in total. The average molecular weight is 272 g/mol. The van der Waals surface area contributed by atoms with Crippen molar-refractivity contribution in [3.63, 3.8) is 0 Å². The maximum absolute atomic E-state index is 12.0. The molecule has 0 aliphatic heterocycles. The van der Waals surface area contributed by atoms with Crippen molar-refractivity contribution < 1.29 is 8.42 Å². The number of nitrogens with zero attached hydrogens (tertiary/aromatic N) is 1. The second kappa shape index (κ2) is 4.38. The summed E-state index contributed by atoms with van der Waals surface area (Å²) in [6, 6.07) is 6.61. The van der Waals surface area contributed by atoms with Crippen LogP contribution in [0.4, 0.5) is 5.82 Å². The minimum absolute atomic E-state index is 0.0208. The van der Waals surface area contributed by atoms with E-state index in [4.69, 9.17) is 17.3 Å². The number of H-pyrrole nitrogens is 1.